The molecule has 0 atom stereocenters. The molecule has 0 aliphatic carbocycles. The van der Waals surface area contributed by atoms with Gasteiger partial charge in [0.2, 0.25) is 0 Å². The first-order valence-corrected chi connectivity index (χ1v) is 9.51. The molecule has 5 rings (SSSR count). The van der Waals surface area contributed by atoms with Crippen LogP contribution in [-0.4, -0.2) is 26.4 Å². The third-order valence-corrected chi connectivity index (χ3v) is 5.23. The summed E-state index contributed by atoms with van der Waals surface area (Å²) < 4.78 is 0. The molecule has 0 bridgehead atoms. The summed E-state index contributed by atoms with van der Waals surface area (Å²) in [6, 6.07) is 16.8. The first-order valence-electron chi connectivity index (χ1n) is 9.51. The Morgan fingerprint density at radius 3 is 2.71 bits per heavy atom. The van der Waals surface area contributed by atoms with Gasteiger partial charge in [0.15, 0.2) is 0 Å². The van der Waals surface area contributed by atoms with E-state index in [-0.39, 0.29) is 0 Å². The summed E-state index contributed by atoms with van der Waals surface area (Å²) >= 11 is 0. The first kappa shape index (κ1) is 16.6. The summed E-state index contributed by atoms with van der Waals surface area (Å²) in [5.41, 5.74) is 7.28. The number of hydrogen-bond donors (Lipinski definition) is 0. The first-order chi connectivity index (χ1) is 13.9. The van der Waals surface area contributed by atoms with Crippen molar-refractivity contribution in [3.63, 3.8) is 0 Å². The van der Waals surface area contributed by atoms with Gasteiger partial charge in [-0.15, -0.1) is 0 Å². The molecule has 0 fully saturated rings. The Labute approximate surface area is 164 Å². The van der Waals surface area contributed by atoms with E-state index in [4.69, 9.17) is 4.98 Å². The fraction of sp³-hybridized carbons (Fsp3) is 0.125. The topological polar surface area (TPSA) is 41.9 Å². The minimum atomic E-state index is 0.905. The van der Waals surface area contributed by atoms with E-state index in [1.807, 2.05) is 24.7 Å². The summed E-state index contributed by atoms with van der Waals surface area (Å²) in [6.07, 6.45) is 12.7. The Morgan fingerprint density at radius 1 is 0.893 bits per heavy atom. The Bertz CT molecular complexity index is 1150. The lowest BCUT2D eigenvalue weighted by Gasteiger charge is -2.27. The van der Waals surface area contributed by atoms with E-state index in [1.54, 1.807) is 6.20 Å². The highest BCUT2D eigenvalue weighted by Gasteiger charge is 2.15. The molecule has 4 heteroatoms. The molecular formula is C24H20N4. The van der Waals surface area contributed by atoms with Gasteiger partial charge in [0.1, 0.15) is 0 Å². The molecule has 4 heterocycles. The van der Waals surface area contributed by atoms with E-state index in [0.717, 1.165) is 36.1 Å². The average Bonchev–Trinajstić information content (AvgIpc) is 2.77. The zero-order valence-corrected chi connectivity index (χ0v) is 15.5. The van der Waals surface area contributed by atoms with Gasteiger partial charge in [-0.3, -0.25) is 15.0 Å². The molecule has 1 aromatic carbocycles. The number of benzene rings is 1. The van der Waals surface area contributed by atoms with Crippen LogP contribution in [0.25, 0.3) is 28.1 Å². The van der Waals surface area contributed by atoms with Crippen LogP contribution in [0.15, 0.2) is 79.5 Å². The molecule has 0 unspecified atom stereocenters. The molecule has 0 saturated heterocycles. The lowest BCUT2D eigenvalue weighted by atomic mass is 9.94. The lowest BCUT2D eigenvalue weighted by molar-refractivity contribution is 0.370. The monoisotopic (exact) mass is 364 g/mol. The zero-order valence-electron chi connectivity index (χ0n) is 15.5. The predicted molar refractivity (Wildman–Crippen MR) is 112 cm³/mol. The van der Waals surface area contributed by atoms with Crippen molar-refractivity contribution >= 4 is 17.0 Å². The molecule has 0 radical (unpaired) electrons. The summed E-state index contributed by atoms with van der Waals surface area (Å²) in [7, 11) is 0. The van der Waals surface area contributed by atoms with Gasteiger partial charge in [-0.05, 0) is 64.9 Å². The SMILES string of the molecule is C1=CN(CCc2ccc3cnccc3n2)Cc2c1cccc2-c1ccncc1. The summed E-state index contributed by atoms with van der Waals surface area (Å²) in [5, 5.41) is 1.08. The van der Waals surface area contributed by atoms with Gasteiger partial charge < -0.3 is 4.90 Å². The van der Waals surface area contributed by atoms with Crippen molar-refractivity contribution in [2.45, 2.75) is 13.0 Å². The minimum Gasteiger partial charge on any atom is -0.373 e. The van der Waals surface area contributed by atoms with Crippen molar-refractivity contribution in [3.05, 3.63) is 96.3 Å². The highest BCUT2D eigenvalue weighted by atomic mass is 15.1. The fourth-order valence-corrected chi connectivity index (χ4v) is 3.74. The van der Waals surface area contributed by atoms with Gasteiger partial charge in [0.05, 0.1) is 5.52 Å². The van der Waals surface area contributed by atoms with E-state index in [1.165, 1.54) is 22.3 Å². The Hall–Kier alpha value is -3.53. The van der Waals surface area contributed by atoms with Crippen LogP contribution in [0.1, 0.15) is 16.8 Å². The van der Waals surface area contributed by atoms with Crippen LogP contribution in [0.4, 0.5) is 0 Å². The van der Waals surface area contributed by atoms with Crippen molar-refractivity contribution in [3.8, 4) is 11.1 Å². The van der Waals surface area contributed by atoms with Crippen molar-refractivity contribution in [2.75, 3.05) is 6.54 Å². The van der Waals surface area contributed by atoms with Crippen molar-refractivity contribution < 1.29 is 0 Å². The lowest BCUT2D eigenvalue weighted by Crippen LogP contribution is -2.23. The van der Waals surface area contributed by atoms with Crippen LogP contribution in [0.3, 0.4) is 0 Å². The Morgan fingerprint density at radius 2 is 1.79 bits per heavy atom. The Kier molecular flexibility index (Phi) is 4.30. The van der Waals surface area contributed by atoms with E-state index in [9.17, 15) is 0 Å². The number of aromatic nitrogens is 3. The van der Waals surface area contributed by atoms with Crippen LogP contribution >= 0.6 is 0 Å². The van der Waals surface area contributed by atoms with Gasteiger partial charge in [-0.25, -0.2) is 0 Å². The molecule has 1 aliphatic heterocycles. The molecule has 0 amide bonds. The third kappa shape index (κ3) is 3.25. The standard InChI is InChI=1S/C24H20N4/c1-2-18-9-14-28(17-23(18)22(3-1)19-6-11-25-12-7-19)15-10-21-5-4-20-16-26-13-8-24(20)27-21/h1-9,11-14,16H,10,15,17H2. The Balaban J connectivity index is 1.35. The molecular weight excluding hydrogens is 344 g/mol. The molecule has 4 nitrogen and oxygen atoms in total. The summed E-state index contributed by atoms with van der Waals surface area (Å²) in [6.45, 7) is 1.84. The van der Waals surface area contributed by atoms with Gasteiger partial charge >= 0.3 is 0 Å². The molecule has 0 N–H and O–H groups in total. The van der Waals surface area contributed by atoms with Gasteiger partial charge in [0, 0.05) is 55.4 Å². The highest BCUT2D eigenvalue weighted by Crippen LogP contribution is 2.30. The van der Waals surface area contributed by atoms with E-state index < -0.39 is 0 Å². The molecule has 1 aliphatic rings. The van der Waals surface area contributed by atoms with Crippen LogP contribution in [0, 0.1) is 0 Å². The molecule has 136 valence electrons. The predicted octanol–water partition coefficient (Wildman–Crippen LogP) is 4.72. The van der Waals surface area contributed by atoms with E-state index >= 15 is 0 Å². The smallest absolute Gasteiger partial charge is 0.0736 e. The summed E-state index contributed by atoms with van der Waals surface area (Å²) in [5.74, 6) is 0. The zero-order chi connectivity index (χ0) is 18.8. The second-order valence-electron chi connectivity index (χ2n) is 7.02. The maximum atomic E-state index is 4.77. The largest absolute Gasteiger partial charge is 0.373 e. The van der Waals surface area contributed by atoms with Crippen molar-refractivity contribution in [1.29, 1.82) is 0 Å². The maximum absolute atomic E-state index is 4.77. The highest BCUT2D eigenvalue weighted by molar-refractivity contribution is 5.77. The molecule has 28 heavy (non-hydrogen) atoms. The second kappa shape index (κ2) is 7.24. The van der Waals surface area contributed by atoms with Crippen molar-refractivity contribution in [2.24, 2.45) is 0 Å². The number of rotatable bonds is 4. The van der Waals surface area contributed by atoms with Gasteiger partial charge in [-0.1, -0.05) is 18.2 Å². The van der Waals surface area contributed by atoms with E-state index in [0.29, 0.717) is 0 Å². The average molecular weight is 364 g/mol. The quantitative estimate of drug-likeness (QED) is 0.525. The third-order valence-electron chi connectivity index (χ3n) is 5.23. The normalized spacial score (nSPS) is 12.9. The van der Waals surface area contributed by atoms with Gasteiger partial charge in [0.25, 0.3) is 0 Å². The van der Waals surface area contributed by atoms with Crippen LogP contribution < -0.4 is 0 Å². The molecule has 0 spiro atoms. The number of fused-ring (bicyclic) bond motifs is 2. The maximum Gasteiger partial charge on any atom is 0.0736 e. The second-order valence-corrected chi connectivity index (χ2v) is 7.02. The number of nitrogens with zero attached hydrogens (tertiary/aromatic N) is 4. The van der Waals surface area contributed by atoms with Crippen LogP contribution in [0.5, 0.6) is 0 Å². The van der Waals surface area contributed by atoms with Crippen LogP contribution in [0.2, 0.25) is 0 Å². The molecule has 0 saturated carbocycles. The molecule has 3 aromatic heterocycles. The van der Waals surface area contributed by atoms with E-state index in [2.05, 4.69) is 69.6 Å². The fourth-order valence-electron chi connectivity index (χ4n) is 3.74. The molecule has 4 aromatic rings. The number of pyridine rings is 3. The minimum absolute atomic E-state index is 0.905. The van der Waals surface area contributed by atoms with Gasteiger partial charge in [-0.2, -0.15) is 0 Å². The summed E-state index contributed by atoms with van der Waals surface area (Å²) in [4.78, 5) is 15.4. The number of hydrogen-bond acceptors (Lipinski definition) is 4. The van der Waals surface area contributed by atoms with Crippen LogP contribution in [-0.2, 0) is 13.0 Å². The van der Waals surface area contributed by atoms with Crippen molar-refractivity contribution in [1.82, 2.24) is 19.9 Å².